The fourth-order valence-corrected chi connectivity index (χ4v) is 8.58. The van der Waals surface area contributed by atoms with E-state index in [4.69, 9.17) is 22.9 Å². The largest absolute Gasteiger partial charge is 0.481 e. The van der Waals surface area contributed by atoms with E-state index in [9.17, 15) is 78.0 Å². The molecule has 460 valence electrons. The number of aliphatic hydroxyl groups excluding tert-OH is 1. The molecule has 0 unspecified atom stereocenters. The molecule has 1 heterocycles. The number of guanidine groups is 1. The third-order valence-electron chi connectivity index (χ3n) is 12.8. The van der Waals surface area contributed by atoms with Crippen LogP contribution in [0.25, 0.3) is 0 Å². The summed E-state index contributed by atoms with van der Waals surface area (Å²) in [6.45, 7) is 11.2. The zero-order chi connectivity index (χ0) is 61.7. The lowest BCUT2D eigenvalue weighted by molar-refractivity contribution is -0.143. The van der Waals surface area contributed by atoms with E-state index < -0.39 is 164 Å². The van der Waals surface area contributed by atoms with Crippen LogP contribution < -0.4 is 65.5 Å². The van der Waals surface area contributed by atoms with Crippen LogP contribution in [0.4, 0.5) is 0 Å². The molecule has 1 aliphatic rings. The van der Waals surface area contributed by atoms with Crippen LogP contribution in [0, 0.1) is 17.8 Å². The Kier molecular flexibility index (Phi) is 32.7. The van der Waals surface area contributed by atoms with Gasteiger partial charge in [0, 0.05) is 25.9 Å². The highest BCUT2D eigenvalue weighted by Gasteiger charge is 2.40. The molecule has 20 N–H and O–H groups in total. The van der Waals surface area contributed by atoms with Gasteiger partial charge in [-0.05, 0) is 102 Å². The van der Waals surface area contributed by atoms with E-state index in [0.29, 0.717) is 25.8 Å². The van der Waals surface area contributed by atoms with Crippen molar-refractivity contribution < 1.29 is 78.0 Å². The maximum Gasteiger partial charge on any atom is 0.326 e. The molecular weight excluding hydrogens is 1060 g/mol. The van der Waals surface area contributed by atoms with E-state index in [-0.39, 0.29) is 81.7 Å². The quantitative estimate of drug-likeness (QED) is 0.0160. The molecule has 81 heavy (non-hydrogen) atoms. The van der Waals surface area contributed by atoms with Gasteiger partial charge in [-0.25, -0.2) is 4.79 Å². The predicted octanol–water partition coefficient (Wildman–Crippen LogP) is -3.67. The molecule has 1 saturated heterocycles. The molecule has 0 aromatic heterocycles. The van der Waals surface area contributed by atoms with Gasteiger partial charge in [0.25, 0.3) is 0 Å². The summed E-state index contributed by atoms with van der Waals surface area (Å²) in [5.41, 5.74) is 22.4. The van der Waals surface area contributed by atoms with Crippen LogP contribution in [0.5, 0.6) is 0 Å². The third-order valence-corrected chi connectivity index (χ3v) is 12.8. The first-order valence-electron chi connectivity index (χ1n) is 27.4. The van der Waals surface area contributed by atoms with Crippen molar-refractivity contribution in [2.24, 2.45) is 45.7 Å². The van der Waals surface area contributed by atoms with Crippen LogP contribution in [0.15, 0.2) is 4.99 Å². The minimum Gasteiger partial charge on any atom is -0.481 e. The van der Waals surface area contributed by atoms with Gasteiger partial charge in [-0.15, -0.1) is 0 Å². The molecule has 9 amide bonds. The number of nitrogens with two attached hydrogens (primary N) is 4. The second kappa shape index (κ2) is 36.9. The van der Waals surface area contributed by atoms with Gasteiger partial charge in [-0.1, -0.05) is 48.0 Å². The van der Waals surface area contributed by atoms with Gasteiger partial charge in [-0.2, -0.15) is 0 Å². The number of amides is 9. The third kappa shape index (κ3) is 27.7. The molecule has 30 nitrogen and oxygen atoms in total. The van der Waals surface area contributed by atoms with Crippen LogP contribution in [-0.2, 0) is 57.5 Å². The van der Waals surface area contributed by atoms with Crippen LogP contribution in [0.3, 0.4) is 0 Å². The Hall–Kier alpha value is -7.21. The maximum atomic E-state index is 14.1. The number of carboxylic acids is 3. The van der Waals surface area contributed by atoms with Crippen molar-refractivity contribution in [3.05, 3.63) is 0 Å². The SMILES string of the molecule is CC(C)C[C@H](NC(=O)[C@H](CCCN=C(N)N)NC(=O)[C@H](CCC(=O)O)NC(=O)[C@H](CC(C)C)NC(=O)[C@H](CCC(=O)O)NC(=O)[C@@H]1CCCN1C(=O)[C@H](CO)NC(=O)[C@H](C)NC(=O)[C@H](CC(C)C)NC(=O)[C@@H](N)CCCCN)C(=O)O. The molecule has 1 rings (SSSR count). The number of unbranched alkanes of at least 4 members (excludes halogenated alkanes) is 1. The van der Waals surface area contributed by atoms with Crippen LogP contribution in [-0.4, -0.2) is 189 Å². The normalized spacial score (nSPS) is 16.5. The van der Waals surface area contributed by atoms with Crippen molar-refractivity contribution in [2.45, 2.75) is 199 Å². The zero-order valence-electron chi connectivity index (χ0n) is 47.6. The van der Waals surface area contributed by atoms with Crippen LogP contribution in [0.2, 0.25) is 0 Å². The number of carbonyl (C=O) groups excluding carboxylic acids is 9. The highest BCUT2D eigenvalue weighted by atomic mass is 16.4. The summed E-state index contributed by atoms with van der Waals surface area (Å²) in [6.07, 6.45) is -0.482. The summed E-state index contributed by atoms with van der Waals surface area (Å²) in [7, 11) is 0. The van der Waals surface area contributed by atoms with Crippen molar-refractivity contribution in [3.8, 4) is 0 Å². The Morgan fingerprint density at radius 1 is 0.531 bits per heavy atom. The van der Waals surface area contributed by atoms with E-state index in [2.05, 4.69) is 47.5 Å². The van der Waals surface area contributed by atoms with Gasteiger partial charge in [0.1, 0.15) is 54.4 Å². The van der Waals surface area contributed by atoms with Crippen LogP contribution in [0.1, 0.15) is 138 Å². The number of nitrogens with zero attached hydrogens (tertiary/aromatic N) is 2. The average Bonchev–Trinajstić information content (AvgIpc) is 3.87. The lowest BCUT2D eigenvalue weighted by atomic mass is 10.0. The lowest BCUT2D eigenvalue weighted by Crippen LogP contribution is -2.60. The number of aliphatic hydroxyl groups is 1. The average molecular weight is 1160 g/mol. The standard InChI is InChI=1S/C51H90N14O16/c1-26(2)22-34(61-42(72)30(53)12-8-9-19-52)46(76)57-29(7)41(71)64-37(25-66)49(79)65-21-11-14-38(65)48(78)60-33(16-18-40(69)70)45(75)62-35(23-27(3)4)47(77)59-32(15-17-39(67)68)44(74)58-31(13-10-20-56-51(54)55)43(73)63-36(50(80)81)24-28(5)6/h26-38,66H,8-25,52-53H2,1-7H3,(H,57,76)(H,58,74)(H,59,77)(H,60,78)(H,61,72)(H,62,75)(H,63,73)(H,64,71)(H,67,68)(H,69,70)(H,80,81)(H4,54,55,56)/t29-,30-,31-,32-,33-,34-,35-,36-,37-,38-/m0/s1. The summed E-state index contributed by atoms with van der Waals surface area (Å²) in [4.78, 5) is 164. The molecule has 0 radical (unpaired) electrons. The molecule has 0 aromatic rings. The Morgan fingerprint density at radius 3 is 1.43 bits per heavy atom. The van der Waals surface area contributed by atoms with E-state index in [1.807, 2.05) is 13.8 Å². The van der Waals surface area contributed by atoms with Crippen molar-refractivity contribution in [1.82, 2.24) is 47.4 Å². The van der Waals surface area contributed by atoms with Crippen molar-refractivity contribution in [2.75, 3.05) is 26.2 Å². The van der Waals surface area contributed by atoms with Gasteiger partial charge in [-0.3, -0.25) is 57.7 Å². The number of aliphatic carboxylic acids is 3. The predicted molar refractivity (Wildman–Crippen MR) is 293 cm³/mol. The zero-order valence-corrected chi connectivity index (χ0v) is 47.6. The maximum absolute atomic E-state index is 14.1. The van der Waals surface area contributed by atoms with Gasteiger partial charge in [0.2, 0.25) is 53.2 Å². The molecule has 0 spiro atoms. The summed E-state index contributed by atoms with van der Waals surface area (Å²) in [5.74, 6) is -13.0. The summed E-state index contributed by atoms with van der Waals surface area (Å²) >= 11 is 0. The Morgan fingerprint density at radius 2 is 0.963 bits per heavy atom. The molecule has 30 heteroatoms. The second-order valence-corrected chi connectivity index (χ2v) is 21.5. The van der Waals surface area contributed by atoms with Crippen LogP contribution >= 0.6 is 0 Å². The van der Waals surface area contributed by atoms with Gasteiger partial charge in [0.15, 0.2) is 5.96 Å². The summed E-state index contributed by atoms with van der Waals surface area (Å²) < 4.78 is 0. The molecule has 0 aromatic carbocycles. The van der Waals surface area contributed by atoms with Gasteiger partial charge >= 0.3 is 17.9 Å². The minimum absolute atomic E-state index is 0.00250. The van der Waals surface area contributed by atoms with Crippen molar-refractivity contribution in [3.63, 3.8) is 0 Å². The highest BCUT2D eigenvalue weighted by molar-refractivity contribution is 5.99. The Labute approximate surface area is 472 Å². The minimum atomic E-state index is -1.66. The lowest BCUT2D eigenvalue weighted by Gasteiger charge is -2.30. The number of carbonyl (C=O) groups is 12. The number of aliphatic imine (C=N–C) groups is 1. The Balaban J connectivity index is 3.38. The molecule has 1 fully saturated rings. The Bertz CT molecular complexity index is 2180. The van der Waals surface area contributed by atoms with Gasteiger partial charge < -0.3 is 90.8 Å². The van der Waals surface area contributed by atoms with E-state index >= 15 is 0 Å². The molecule has 0 bridgehead atoms. The van der Waals surface area contributed by atoms with E-state index in [0.717, 1.165) is 4.90 Å². The number of carboxylic acid groups (broad SMARTS) is 3. The molecule has 0 saturated carbocycles. The fraction of sp³-hybridized carbons (Fsp3) is 0.745. The fourth-order valence-electron chi connectivity index (χ4n) is 8.58. The number of rotatable bonds is 39. The first-order chi connectivity index (χ1) is 37.9. The number of hydrogen-bond acceptors (Lipinski definition) is 16. The van der Waals surface area contributed by atoms with Gasteiger partial charge in [0.05, 0.1) is 12.6 Å². The molecule has 1 aliphatic heterocycles. The first-order valence-corrected chi connectivity index (χ1v) is 27.4. The smallest absolute Gasteiger partial charge is 0.326 e. The highest BCUT2D eigenvalue weighted by Crippen LogP contribution is 2.20. The second-order valence-electron chi connectivity index (χ2n) is 21.5. The summed E-state index contributed by atoms with van der Waals surface area (Å²) in [5, 5.41) is 59.0. The molecule has 0 aliphatic carbocycles. The monoisotopic (exact) mass is 1150 g/mol. The number of likely N-dealkylation sites (tertiary alicyclic amines) is 1. The number of hydrogen-bond donors (Lipinski definition) is 16. The van der Waals surface area contributed by atoms with E-state index in [1.165, 1.54) is 6.92 Å². The summed E-state index contributed by atoms with van der Waals surface area (Å²) in [6, 6.07) is -13.8. The molecule has 10 atom stereocenters. The van der Waals surface area contributed by atoms with Crippen molar-refractivity contribution in [1.29, 1.82) is 0 Å². The molecular formula is C51H90N14O16. The first kappa shape index (κ1) is 71.8. The topological polar surface area (TPSA) is 502 Å². The van der Waals surface area contributed by atoms with Crippen molar-refractivity contribution >= 4 is 77.0 Å². The van der Waals surface area contributed by atoms with E-state index in [1.54, 1.807) is 27.7 Å². The number of nitrogens with one attached hydrogen (secondary N) is 8.